The fourth-order valence-corrected chi connectivity index (χ4v) is 11.3. The number of hydrogen-bond acceptors (Lipinski definition) is 16. The first-order valence-corrected chi connectivity index (χ1v) is 35.8. The maximum Gasteiger partial charge on any atom is 0.0701 e. The lowest BCUT2D eigenvalue weighted by Gasteiger charge is -2.08. The van der Waals surface area contributed by atoms with Gasteiger partial charge in [-0.25, -0.2) is 0 Å². The topological polar surface area (TPSA) is 151 Å². The summed E-state index contributed by atoms with van der Waals surface area (Å²) in [5, 5.41) is 17.3. The molecule has 482 valence electrons. The van der Waals surface area contributed by atoms with Gasteiger partial charge in [0, 0.05) is 24.7 Å². The molecular weight excluding hydrogens is 1060 g/mol. The van der Waals surface area contributed by atoms with E-state index in [4.69, 9.17) is 67.1 Å². The van der Waals surface area contributed by atoms with Gasteiger partial charge >= 0.3 is 0 Å². The molecule has 0 aliphatic carbocycles. The zero-order chi connectivity index (χ0) is 57.2. The second-order valence-corrected chi connectivity index (χ2v) is 23.9. The summed E-state index contributed by atoms with van der Waals surface area (Å²) in [5.41, 5.74) is 0. The molecule has 0 atom stereocenters. The van der Waals surface area contributed by atoms with E-state index in [0.29, 0.717) is 145 Å². The molecule has 16 heteroatoms. The fraction of sp³-hybridized carbons (Fsp3) is 1.00. The van der Waals surface area contributed by atoms with Crippen LogP contribution in [0.15, 0.2) is 0 Å². The Hall–Kier alpha value is 0.140. The van der Waals surface area contributed by atoms with Gasteiger partial charge in [-0.2, -0.15) is 0 Å². The summed E-state index contributed by atoms with van der Waals surface area (Å²) in [4.78, 5) is 0. The molecule has 0 rings (SSSR count). The van der Waals surface area contributed by atoms with E-state index in [1.54, 1.807) is 0 Å². The quantitative estimate of drug-likeness (QED) is 0.0438. The highest BCUT2D eigenvalue weighted by molar-refractivity contribution is 8.76. The van der Waals surface area contributed by atoms with Crippen LogP contribution >= 0.6 is 21.6 Å². The number of hydrogen-bond donors (Lipinski definition) is 2. The van der Waals surface area contributed by atoms with Crippen molar-refractivity contribution in [3.05, 3.63) is 0 Å². The molecule has 0 aromatic rings. The smallest absolute Gasteiger partial charge is 0.0701 e. The average Bonchev–Trinajstić information content (AvgIpc) is 3.47. The fourth-order valence-electron chi connectivity index (χ4n) is 9.04. The summed E-state index contributed by atoms with van der Waals surface area (Å²) in [6.45, 7) is 13.6. The van der Waals surface area contributed by atoms with Gasteiger partial charge < -0.3 is 67.1 Å². The molecule has 0 heterocycles. The van der Waals surface area contributed by atoms with Crippen molar-refractivity contribution in [1.29, 1.82) is 0 Å². The van der Waals surface area contributed by atoms with Gasteiger partial charge in [-0.1, -0.05) is 227 Å². The van der Waals surface area contributed by atoms with Crippen LogP contribution < -0.4 is 0 Å². The van der Waals surface area contributed by atoms with Crippen molar-refractivity contribution in [2.24, 2.45) is 0 Å². The van der Waals surface area contributed by atoms with E-state index in [1.165, 1.54) is 230 Å². The standard InChI is InChI=1S/C64H130O14S2/c65-37-41-69-45-49-73-53-57-77-61-59-75-55-51-71-47-43-67-39-33-29-25-21-17-13-9-5-1-3-7-11-15-19-23-27-31-35-63-79-80-64-36-32-28-24-20-16-12-8-4-2-6-10-14-18-22-26-30-34-40-68-44-48-72-52-56-76-60-62-78-58-54-74-50-46-70-42-38-66/h65-66H,1-64H2. The largest absolute Gasteiger partial charge is 0.394 e. The van der Waals surface area contributed by atoms with Crippen molar-refractivity contribution < 1.29 is 67.1 Å². The third-order valence-electron chi connectivity index (χ3n) is 13.8. The van der Waals surface area contributed by atoms with Crippen molar-refractivity contribution in [3.8, 4) is 0 Å². The van der Waals surface area contributed by atoms with Crippen LogP contribution in [0.3, 0.4) is 0 Å². The monoisotopic (exact) mass is 1190 g/mol. The summed E-state index contributed by atoms with van der Waals surface area (Å²) >= 11 is 0. The minimum atomic E-state index is 0.0398. The number of aliphatic hydroxyl groups excluding tert-OH is 2. The average molecular weight is 1190 g/mol. The second kappa shape index (κ2) is 79.1. The van der Waals surface area contributed by atoms with Crippen LogP contribution in [0.2, 0.25) is 0 Å². The molecule has 0 aliphatic rings. The van der Waals surface area contributed by atoms with Crippen molar-refractivity contribution in [1.82, 2.24) is 0 Å². The third kappa shape index (κ3) is 78.1. The molecule has 0 bridgehead atoms. The number of rotatable bonds is 77. The molecule has 14 nitrogen and oxygen atoms in total. The molecule has 0 spiro atoms. The van der Waals surface area contributed by atoms with Gasteiger partial charge in [0.15, 0.2) is 0 Å². The Morgan fingerprint density at radius 3 is 0.425 bits per heavy atom. The molecule has 0 amide bonds. The normalized spacial score (nSPS) is 11.8. The van der Waals surface area contributed by atoms with Crippen molar-refractivity contribution in [3.63, 3.8) is 0 Å². The van der Waals surface area contributed by atoms with Crippen molar-refractivity contribution in [2.75, 3.05) is 183 Å². The maximum atomic E-state index is 8.63. The lowest BCUT2D eigenvalue weighted by atomic mass is 10.0. The molecule has 0 aromatic carbocycles. The van der Waals surface area contributed by atoms with E-state index < -0.39 is 0 Å². The minimum Gasteiger partial charge on any atom is -0.394 e. The van der Waals surface area contributed by atoms with Gasteiger partial charge in [0.25, 0.3) is 0 Å². The van der Waals surface area contributed by atoms with Gasteiger partial charge in [0.05, 0.1) is 159 Å². The molecule has 0 aromatic heterocycles. The Morgan fingerprint density at radius 2 is 0.263 bits per heavy atom. The first kappa shape index (κ1) is 80.1. The third-order valence-corrected chi connectivity index (χ3v) is 16.4. The van der Waals surface area contributed by atoms with Crippen LogP contribution in [0.4, 0.5) is 0 Å². The summed E-state index contributed by atoms with van der Waals surface area (Å²) in [5.74, 6) is 2.69. The zero-order valence-corrected chi connectivity index (χ0v) is 53.5. The SMILES string of the molecule is OCCOCCOCCOCCOCCOCCOCCCCCCCCCCCCCCCCCCCCSSCCCCCCCCCCCCCCCCCCCCOCCOCCOCCOCCOCCOCCO. The number of aliphatic hydroxyl groups is 2. The molecular formula is C64H130O14S2. The Balaban J connectivity index is 3.08. The van der Waals surface area contributed by atoms with E-state index in [2.05, 4.69) is 21.6 Å². The molecule has 0 saturated heterocycles. The lowest BCUT2D eigenvalue weighted by molar-refractivity contribution is -0.0182. The van der Waals surface area contributed by atoms with Crippen LogP contribution in [-0.4, -0.2) is 193 Å². The molecule has 80 heavy (non-hydrogen) atoms. The van der Waals surface area contributed by atoms with E-state index in [9.17, 15) is 0 Å². The summed E-state index contributed by atoms with van der Waals surface area (Å²) in [6, 6.07) is 0. The van der Waals surface area contributed by atoms with Crippen molar-refractivity contribution >= 4 is 21.6 Å². The minimum absolute atomic E-state index is 0.0398. The number of ether oxygens (including phenoxy) is 12. The van der Waals surface area contributed by atoms with Crippen molar-refractivity contribution in [2.45, 2.75) is 231 Å². The van der Waals surface area contributed by atoms with E-state index in [-0.39, 0.29) is 13.2 Å². The van der Waals surface area contributed by atoms with Crippen LogP contribution in [0.5, 0.6) is 0 Å². The predicted molar refractivity (Wildman–Crippen MR) is 335 cm³/mol. The van der Waals surface area contributed by atoms with E-state index in [0.717, 1.165) is 26.1 Å². The Kier molecular flexibility index (Phi) is 79.3. The van der Waals surface area contributed by atoms with Crippen LogP contribution in [0.1, 0.15) is 231 Å². The highest BCUT2D eigenvalue weighted by atomic mass is 33.1. The Morgan fingerprint density at radius 1 is 0.138 bits per heavy atom. The Labute approximate surface area is 500 Å². The van der Waals surface area contributed by atoms with Gasteiger partial charge in [-0.05, 0) is 25.7 Å². The Bertz CT molecular complexity index is 969. The van der Waals surface area contributed by atoms with Crippen LogP contribution in [-0.2, 0) is 56.8 Å². The lowest BCUT2D eigenvalue weighted by Crippen LogP contribution is -2.14. The van der Waals surface area contributed by atoms with E-state index >= 15 is 0 Å². The van der Waals surface area contributed by atoms with Gasteiger partial charge in [0.1, 0.15) is 0 Å². The number of unbranched alkanes of at least 4 members (excludes halogenated alkanes) is 34. The van der Waals surface area contributed by atoms with Gasteiger partial charge in [0.2, 0.25) is 0 Å². The first-order valence-electron chi connectivity index (χ1n) is 33.3. The summed E-state index contributed by atoms with van der Waals surface area (Å²) < 4.78 is 65.5. The van der Waals surface area contributed by atoms with Crippen LogP contribution in [0.25, 0.3) is 0 Å². The molecule has 0 radical (unpaired) electrons. The molecule has 2 N–H and O–H groups in total. The van der Waals surface area contributed by atoms with Crippen LogP contribution in [0, 0.1) is 0 Å². The first-order chi connectivity index (χ1) is 39.9. The zero-order valence-electron chi connectivity index (χ0n) is 51.9. The van der Waals surface area contributed by atoms with E-state index in [1.807, 2.05) is 0 Å². The second-order valence-electron chi connectivity index (χ2n) is 21.2. The summed E-state index contributed by atoms with van der Waals surface area (Å²) in [6.07, 6.45) is 50.3. The molecule has 0 unspecified atom stereocenters. The maximum absolute atomic E-state index is 8.63. The highest BCUT2D eigenvalue weighted by Gasteiger charge is 2.01. The highest BCUT2D eigenvalue weighted by Crippen LogP contribution is 2.25. The predicted octanol–water partition coefficient (Wildman–Crippen LogP) is 14.6. The summed E-state index contributed by atoms with van der Waals surface area (Å²) in [7, 11) is 4.26. The van der Waals surface area contributed by atoms with Gasteiger partial charge in [-0.3, -0.25) is 0 Å². The molecule has 0 fully saturated rings. The molecule has 0 saturated carbocycles. The van der Waals surface area contributed by atoms with Gasteiger partial charge in [-0.15, -0.1) is 0 Å². The molecule has 0 aliphatic heterocycles.